The topological polar surface area (TPSA) is 86.3 Å². The normalized spacial score (nSPS) is 19.3. The van der Waals surface area contributed by atoms with E-state index in [0.717, 1.165) is 53.0 Å². The number of fused-ring (bicyclic) bond motifs is 1. The molecule has 228 valence electrons. The lowest BCUT2D eigenvalue weighted by atomic mass is 9.82. The second-order valence-electron chi connectivity index (χ2n) is 11.0. The van der Waals surface area contributed by atoms with Crippen LogP contribution >= 0.6 is 0 Å². The molecule has 0 aliphatic carbocycles. The SMILES string of the molecule is CCOC(=O)[C@@H]1[C@@H](c2ccc3c(c2)OCO3)CN(CC(=O)Nc2c(CC)cc(CC)cc2CC)[C@H]1c1ccc(OC)cc1. The number of aryl methyl sites for hydroxylation is 3. The fourth-order valence-electron chi connectivity index (χ4n) is 6.42. The van der Waals surface area contributed by atoms with E-state index in [1.165, 1.54) is 5.56 Å². The van der Waals surface area contributed by atoms with Crippen molar-refractivity contribution >= 4 is 17.6 Å². The number of likely N-dealkylation sites (tertiary alicyclic amines) is 1. The molecule has 0 aromatic heterocycles. The number of carbonyl (C=O) groups is 2. The average molecular weight is 587 g/mol. The predicted octanol–water partition coefficient (Wildman–Crippen LogP) is 6.07. The summed E-state index contributed by atoms with van der Waals surface area (Å²) in [6, 6.07) is 17.5. The summed E-state index contributed by atoms with van der Waals surface area (Å²) in [6.07, 6.45) is 2.60. The van der Waals surface area contributed by atoms with Gasteiger partial charge in [-0.15, -0.1) is 0 Å². The minimum atomic E-state index is -0.539. The smallest absolute Gasteiger partial charge is 0.311 e. The molecule has 0 spiro atoms. The van der Waals surface area contributed by atoms with Crippen LogP contribution in [0.2, 0.25) is 0 Å². The van der Waals surface area contributed by atoms with Gasteiger partial charge < -0.3 is 24.3 Å². The molecule has 8 nitrogen and oxygen atoms in total. The zero-order chi connectivity index (χ0) is 30.5. The second-order valence-corrected chi connectivity index (χ2v) is 11.0. The van der Waals surface area contributed by atoms with Crippen LogP contribution in [0.15, 0.2) is 54.6 Å². The standard InChI is InChI=1S/C35H42N2O6/c1-6-22-16-23(7-2)33(24(8-3)17-22)36-31(38)20-37-19-28(26-12-15-29-30(18-26)43-21-42-29)32(35(39)41-9-4)34(37)25-10-13-27(40-5)14-11-25/h10-18,28,32,34H,6-9,19-21H2,1-5H3,(H,36,38)/t28-,32-,34+/m1/s1. The molecule has 0 radical (unpaired) electrons. The number of nitrogens with one attached hydrogen (secondary N) is 1. The van der Waals surface area contributed by atoms with E-state index in [-0.39, 0.29) is 43.8 Å². The monoisotopic (exact) mass is 586 g/mol. The molecule has 8 heteroatoms. The molecule has 0 unspecified atom stereocenters. The molecule has 0 saturated carbocycles. The predicted molar refractivity (Wildman–Crippen MR) is 166 cm³/mol. The zero-order valence-electron chi connectivity index (χ0n) is 25.8. The van der Waals surface area contributed by atoms with Crippen molar-refractivity contribution in [3.8, 4) is 17.2 Å². The Hall–Kier alpha value is -4.04. The van der Waals surface area contributed by atoms with Crippen LogP contribution in [0.1, 0.15) is 67.5 Å². The molecule has 3 aromatic rings. The summed E-state index contributed by atoms with van der Waals surface area (Å²) in [5, 5.41) is 3.25. The number of carbonyl (C=O) groups excluding carboxylic acids is 2. The number of rotatable bonds is 11. The highest BCUT2D eigenvalue weighted by Gasteiger charge is 2.48. The number of benzene rings is 3. The van der Waals surface area contributed by atoms with Gasteiger partial charge in [-0.1, -0.05) is 51.1 Å². The van der Waals surface area contributed by atoms with E-state index in [1.807, 2.05) is 49.4 Å². The van der Waals surface area contributed by atoms with Gasteiger partial charge in [-0.3, -0.25) is 14.5 Å². The summed E-state index contributed by atoms with van der Waals surface area (Å²) >= 11 is 0. The Morgan fingerprint density at radius 3 is 2.19 bits per heavy atom. The highest BCUT2D eigenvalue weighted by atomic mass is 16.7. The Bertz CT molecular complexity index is 1430. The number of esters is 1. The van der Waals surface area contributed by atoms with Gasteiger partial charge in [0.15, 0.2) is 11.5 Å². The van der Waals surface area contributed by atoms with Crippen LogP contribution in [-0.2, 0) is 33.6 Å². The molecular formula is C35H42N2O6. The Balaban J connectivity index is 1.51. The van der Waals surface area contributed by atoms with Crippen molar-refractivity contribution in [3.63, 3.8) is 0 Å². The molecule has 3 atom stereocenters. The minimum absolute atomic E-state index is 0.110. The van der Waals surface area contributed by atoms with Gasteiger partial charge >= 0.3 is 5.97 Å². The van der Waals surface area contributed by atoms with Crippen molar-refractivity contribution in [2.24, 2.45) is 5.92 Å². The fourth-order valence-corrected chi connectivity index (χ4v) is 6.42. The van der Waals surface area contributed by atoms with E-state index in [9.17, 15) is 9.59 Å². The lowest BCUT2D eigenvalue weighted by Crippen LogP contribution is -2.35. The maximum Gasteiger partial charge on any atom is 0.311 e. The summed E-state index contributed by atoms with van der Waals surface area (Å²) in [6.45, 7) is 9.25. The molecule has 2 aliphatic heterocycles. The molecule has 0 bridgehead atoms. The van der Waals surface area contributed by atoms with E-state index < -0.39 is 5.92 Å². The van der Waals surface area contributed by atoms with Crippen molar-refractivity contribution in [2.75, 3.05) is 38.9 Å². The number of hydrogen-bond acceptors (Lipinski definition) is 7. The molecule has 2 heterocycles. The first-order chi connectivity index (χ1) is 20.9. The average Bonchev–Trinajstić information content (AvgIpc) is 3.65. The van der Waals surface area contributed by atoms with E-state index in [4.69, 9.17) is 18.9 Å². The summed E-state index contributed by atoms with van der Waals surface area (Å²) in [5.41, 5.74) is 6.32. The van der Waals surface area contributed by atoms with Crippen LogP contribution in [0.3, 0.4) is 0 Å². The van der Waals surface area contributed by atoms with Gasteiger partial charge in [0.1, 0.15) is 5.75 Å². The molecule has 1 amide bonds. The van der Waals surface area contributed by atoms with Crippen molar-refractivity contribution < 1.29 is 28.5 Å². The van der Waals surface area contributed by atoms with E-state index in [1.54, 1.807) is 7.11 Å². The third-order valence-corrected chi connectivity index (χ3v) is 8.58. The third-order valence-electron chi connectivity index (χ3n) is 8.58. The first-order valence-electron chi connectivity index (χ1n) is 15.3. The maximum absolute atomic E-state index is 13.8. The Morgan fingerprint density at radius 1 is 0.884 bits per heavy atom. The lowest BCUT2D eigenvalue weighted by Gasteiger charge is -2.28. The summed E-state index contributed by atoms with van der Waals surface area (Å²) in [7, 11) is 1.63. The number of nitrogens with zero attached hydrogens (tertiary/aromatic N) is 1. The number of ether oxygens (including phenoxy) is 4. The van der Waals surface area contributed by atoms with Gasteiger partial charge in [0.05, 0.1) is 26.2 Å². The van der Waals surface area contributed by atoms with Crippen LogP contribution in [0.25, 0.3) is 0 Å². The number of hydrogen-bond donors (Lipinski definition) is 1. The zero-order valence-corrected chi connectivity index (χ0v) is 25.8. The van der Waals surface area contributed by atoms with Gasteiger partial charge in [-0.2, -0.15) is 0 Å². The second kappa shape index (κ2) is 13.5. The lowest BCUT2D eigenvalue weighted by molar-refractivity contribution is -0.149. The maximum atomic E-state index is 13.8. The van der Waals surface area contributed by atoms with Crippen LogP contribution < -0.4 is 19.5 Å². The van der Waals surface area contributed by atoms with Crippen LogP contribution in [-0.4, -0.2) is 50.4 Å². The number of methoxy groups -OCH3 is 1. The highest BCUT2D eigenvalue weighted by Crippen LogP contribution is 2.48. The van der Waals surface area contributed by atoms with Crippen molar-refractivity contribution in [1.82, 2.24) is 4.90 Å². The first-order valence-corrected chi connectivity index (χ1v) is 15.3. The van der Waals surface area contributed by atoms with E-state index >= 15 is 0 Å². The molecule has 1 N–H and O–H groups in total. The van der Waals surface area contributed by atoms with Gasteiger partial charge in [0, 0.05) is 24.2 Å². The molecule has 43 heavy (non-hydrogen) atoms. The highest BCUT2D eigenvalue weighted by molar-refractivity contribution is 5.94. The Morgan fingerprint density at radius 2 is 1.56 bits per heavy atom. The minimum Gasteiger partial charge on any atom is -0.497 e. The molecule has 1 saturated heterocycles. The summed E-state index contributed by atoms with van der Waals surface area (Å²) in [4.78, 5) is 29.6. The van der Waals surface area contributed by atoms with Crippen molar-refractivity contribution in [3.05, 3.63) is 82.4 Å². The summed E-state index contributed by atoms with van der Waals surface area (Å²) < 4.78 is 22.3. The van der Waals surface area contributed by atoms with Crippen molar-refractivity contribution in [1.29, 1.82) is 0 Å². The number of amides is 1. The molecule has 3 aromatic carbocycles. The fraction of sp³-hybridized carbons (Fsp3) is 0.429. The largest absolute Gasteiger partial charge is 0.497 e. The molecule has 2 aliphatic rings. The third kappa shape index (κ3) is 6.34. The summed E-state index contributed by atoms with van der Waals surface area (Å²) in [5.74, 6) is 0.904. The quantitative estimate of drug-likeness (QED) is 0.273. The van der Waals surface area contributed by atoms with Gasteiger partial charge in [-0.25, -0.2) is 0 Å². The van der Waals surface area contributed by atoms with E-state index in [0.29, 0.717) is 18.0 Å². The Kier molecular flexibility index (Phi) is 9.56. The van der Waals surface area contributed by atoms with E-state index in [2.05, 4.69) is 43.1 Å². The Labute approximate surface area is 254 Å². The number of anilines is 1. The van der Waals surface area contributed by atoms with Crippen LogP contribution in [0.5, 0.6) is 17.2 Å². The van der Waals surface area contributed by atoms with Crippen LogP contribution in [0, 0.1) is 5.92 Å². The van der Waals surface area contributed by atoms with Gasteiger partial charge in [-0.05, 0) is 78.3 Å². The van der Waals surface area contributed by atoms with Crippen LogP contribution in [0.4, 0.5) is 5.69 Å². The molecular weight excluding hydrogens is 544 g/mol. The molecule has 5 rings (SSSR count). The van der Waals surface area contributed by atoms with Gasteiger partial charge in [0.25, 0.3) is 0 Å². The molecule has 1 fully saturated rings. The van der Waals surface area contributed by atoms with Gasteiger partial charge in [0.2, 0.25) is 12.7 Å². The van der Waals surface area contributed by atoms with Crippen molar-refractivity contribution in [2.45, 2.75) is 58.9 Å². The first kappa shape index (κ1) is 30.4.